The van der Waals surface area contributed by atoms with Crippen LogP contribution in [0.2, 0.25) is 0 Å². The molecule has 0 bridgehead atoms. The van der Waals surface area contributed by atoms with E-state index in [-0.39, 0.29) is 17.5 Å². The average molecular weight is 458 g/mol. The first-order valence-corrected chi connectivity index (χ1v) is 11.5. The predicted octanol–water partition coefficient (Wildman–Crippen LogP) is 4.60. The fourth-order valence-electron chi connectivity index (χ4n) is 3.64. The number of anilines is 2. The smallest absolute Gasteiger partial charge is 0.320 e. The van der Waals surface area contributed by atoms with E-state index in [4.69, 9.17) is 0 Å². The van der Waals surface area contributed by atoms with E-state index in [9.17, 15) is 22.0 Å². The third-order valence-corrected chi connectivity index (χ3v) is 6.47. The molecule has 3 aromatic rings. The molecule has 3 aromatic carbocycles. The average Bonchev–Trinajstić information content (AvgIpc) is 2.75. The second-order valence-electron chi connectivity index (χ2n) is 7.46. The lowest BCUT2D eigenvalue weighted by atomic mass is 10.1. The van der Waals surface area contributed by atoms with Crippen molar-refractivity contribution in [1.82, 2.24) is 4.90 Å². The predicted molar refractivity (Wildman–Crippen MR) is 118 cm³/mol. The Morgan fingerprint density at radius 2 is 1.59 bits per heavy atom. The summed E-state index contributed by atoms with van der Waals surface area (Å²) in [7, 11) is -3.77. The molecule has 1 saturated heterocycles. The van der Waals surface area contributed by atoms with Crippen LogP contribution >= 0.6 is 0 Å². The van der Waals surface area contributed by atoms with E-state index >= 15 is 0 Å². The van der Waals surface area contributed by atoms with E-state index in [0.29, 0.717) is 36.4 Å². The van der Waals surface area contributed by atoms with Crippen LogP contribution in [0.1, 0.15) is 12.0 Å². The van der Waals surface area contributed by atoms with Crippen LogP contribution in [0.5, 0.6) is 0 Å². The first-order valence-electron chi connectivity index (χ1n) is 10.0. The molecule has 32 heavy (non-hydrogen) atoms. The number of carbonyl (C=O) groups excluding carboxylic acids is 1. The Bertz CT molecular complexity index is 1220. The molecular formula is C23H21F2N3O3S. The third-order valence-electron chi connectivity index (χ3n) is 5.07. The molecule has 0 radical (unpaired) electrons. The Morgan fingerprint density at radius 3 is 2.31 bits per heavy atom. The first kappa shape index (κ1) is 21.8. The summed E-state index contributed by atoms with van der Waals surface area (Å²) in [5.74, 6) is -1.39. The fraction of sp³-hybridized carbons (Fsp3) is 0.174. The van der Waals surface area contributed by atoms with Crippen LogP contribution in [0.25, 0.3) is 0 Å². The van der Waals surface area contributed by atoms with Crippen LogP contribution in [0, 0.1) is 11.6 Å². The van der Waals surface area contributed by atoms with E-state index in [1.165, 1.54) is 34.1 Å². The Labute approximate surface area is 185 Å². The monoisotopic (exact) mass is 457 g/mol. The van der Waals surface area contributed by atoms with Gasteiger partial charge in [-0.3, -0.25) is 9.62 Å². The molecule has 0 aromatic heterocycles. The molecule has 0 aliphatic carbocycles. The third kappa shape index (κ3) is 4.88. The minimum Gasteiger partial charge on any atom is -0.320 e. The zero-order valence-electron chi connectivity index (χ0n) is 17.0. The van der Waals surface area contributed by atoms with E-state index in [1.54, 1.807) is 42.5 Å². The molecule has 1 aliphatic heterocycles. The molecule has 9 heteroatoms. The molecule has 0 saturated carbocycles. The van der Waals surface area contributed by atoms with Crippen molar-refractivity contribution in [2.24, 2.45) is 0 Å². The number of urea groups is 1. The zero-order chi connectivity index (χ0) is 22.7. The minimum atomic E-state index is -3.77. The second-order valence-corrected chi connectivity index (χ2v) is 9.14. The second kappa shape index (κ2) is 8.96. The maximum Gasteiger partial charge on any atom is 0.324 e. The summed E-state index contributed by atoms with van der Waals surface area (Å²) in [4.78, 5) is 16.2. The molecule has 0 atom stereocenters. The largest absolute Gasteiger partial charge is 0.324 e. The number of benzene rings is 3. The van der Waals surface area contributed by atoms with Crippen LogP contribution in [0.15, 0.2) is 77.7 Å². The standard InChI is InChI=1S/C23H21F2N3O3S/c24-18-12-17(13-19(25)14-18)16-27-10-5-11-28(23(27)29)21-7-4-6-20(15-21)26-32(30,31)22-8-2-1-3-9-22/h1-4,6-9,12-15,26H,5,10-11,16H2. The maximum absolute atomic E-state index is 13.5. The highest BCUT2D eigenvalue weighted by Gasteiger charge is 2.27. The minimum absolute atomic E-state index is 0.0738. The molecule has 1 N–H and O–H groups in total. The van der Waals surface area contributed by atoms with Crippen molar-refractivity contribution in [1.29, 1.82) is 0 Å². The Kier molecular flexibility index (Phi) is 6.09. The normalized spacial score (nSPS) is 14.5. The molecular weight excluding hydrogens is 436 g/mol. The quantitative estimate of drug-likeness (QED) is 0.588. The van der Waals surface area contributed by atoms with Gasteiger partial charge in [-0.05, 0) is 54.4 Å². The summed E-state index contributed by atoms with van der Waals surface area (Å²) in [6.07, 6.45) is 0.656. The van der Waals surface area contributed by atoms with Gasteiger partial charge in [0.25, 0.3) is 10.0 Å². The van der Waals surface area contributed by atoms with Gasteiger partial charge in [0.2, 0.25) is 0 Å². The van der Waals surface area contributed by atoms with Gasteiger partial charge in [-0.1, -0.05) is 24.3 Å². The summed E-state index contributed by atoms with van der Waals surface area (Å²) in [5.41, 5.74) is 1.21. The Morgan fingerprint density at radius 1 is 0.875 bits per heavy atom. The van der Waals surface area contributed by atoms with Gasteiger partial charge in [0.15, 0.2) is 0 Å². The molecule has 6 nitrogen and oxygen atoms in total. The zero-order valence-corrected chi connectivity index (χ0v) is 17.9. The molecule has 2 amide bonds. The van der Waals surface area contributed by atoms with Gasteiger partial charge < -0.3 is 4.90 Å². The topological polar surface area (TPSA) is 69.7 Å². The number of hydrogen-bond donors (Lipinski definition) is 1. The van der Waals surface area contributed by atoms with Crippen LogP contribution in [0.4, 0.5) is 25.0 Å². The summed E-state index contributed by atoms with van der Waals surface area (Å²) >= 11 is 0. The fourth-order valence-corrected chi connectivity index (χ4v) is 4.71. The molecule has 0 spiro atoms. The van der Waals surface area contributed by atoms with Gasteiger partial charge >= 0.3 is 6.03 Å². The van der Waals surface area contributed by atoms with Gasteiger partial charge in [-0.25, -0.2) is 22.0 Å². The highest BCUT2D eigenvalue weighted by atomic mass is 32.2. The SMILES string of the molecule is O=C1N(Cc2cc(F)cc(F)c2)CCCN1c1cccc(NS(=O)(=O)c2ccccc2)c1. The van der Waals surface area contributed by atoms with Gasteiger partial charge in [0, 0.05) is 31.4 Å². The van der Waals surface area contributed by atoms with E-state index in [0.717, 1.165) is 6.07 Å². The van der Waals surface area contributed by atoms with Crippen LogP contribution in [0.3, 0.4) is 0 Å². The number of sulfonamides is 1. The van der Waals surface area contributed by atoms with Gasteiger partial charge in [-0.15, -0.1) is 0 Å². The highest BCUT2D eigenvalue weighted by Crippen LogP contribution is 2.26. The highest BCUT2D eigenvalue weighted by molar-refractivity contribution is 7.92. The molecule has 4 rings (SSSR count). The van der Waals surface area contributed by atoms with Gasteiger partial charge in [0.1, 0.15) is 11.6 Å². The van der Waals surface area contributed by atoms with Crippen molar-refractivity contribution in [3.05, 3.63) is 90.0 Å². The molecule has 0 unspecified atom stereocenters. The lowest BCUT2D eigenvalue weighted by Crippen LogP contribution is -2.49. The van der Waals surface area contributed by atoms with Crippen molar-refractivity contribution in [2.75, 3.05) is 22.7 Å². The summed E-state index contributed by atoms with van der Waals surface area (Å²) in [6.45, 7) is 0.972. The lowest BCUT2D eigenvalue weighted by molar-refractivity contribution is 0.192. The summed E-state index contributed by atoms with van der Waals surface area (Å²) in [6, 6.07) is 17.4. The lowest BCUT2D eigenvalue weighted by Gasteiger charge is -2.36. The van der Waals surface area contributed by atoms with Crippen LogP contribution in [-0.2, 0) is 16.6 Å². The number of carbonyl (C=O) groups is 1. The number of nitrogens with zero attached hydrogens (tertiary/aromatic N) is 2. The first-order chi connectivity index (χ1) is 15.3. The molecule has 1 aliphatic rings. The van der Waals surface area contributed by atoms with Crippen molar-refractivity contribution in [3.8, 4) is 0 Å². The Hall–Kier alpha value is -3.46. The maximum atomic E-state index is 13.5. The van der Waals surface area contributed by atoms with Crippen molar-refractivity contribution < 1.29 is 22.0 Å². The van der Waals surface area contributed by atoms with Crippen LogP contribution in [-0.4, -0.2) is 32.4 Å². The van der Waals surface area contributed by atoms with Crippen molar-refractivity contribution in [2.45, 2.75) is 17.9 Å². The summed E-state index contributed by atoms with van der Waals surface area (Å²) < 4.78 is 54.8. The van der Waals surface area contributed by atoms with E-state index < -0.39 is 21.7 Å². The molecule has 166 valence electrons. The Balaban J connectivity index is 1.52. The van der Waals surface area contributed by atoms with Crippen LogP contribution < -0.4 is 9.62 Å². The number of hydrogen-bond acceptors (Lipinski definition) is 3. The van der Waals surface area contributed by atoms with E-state index in [2.05, 4.69) is 4.72 Å². The summed E-state index contributed by atoms with van der Waals surface area (Å²) in [5, 5.41) is 0. The van der Waals surface area contributed by atoms with Gasteiger partial charge in [-0.2, -0.15) is 0 Å². The van der Waals surface area contributed by atoms with Crippen molar-refractivity contribution in [3.63, 3.8) is 0 Å². The number of halogens is 2. The molecule has 1 fully saturated rings. The van der Waals surface area contributed by atoms with E-state index in [1.807, 2.05) is 0 Å². The number of nitrogens with one attached hydrogen (secondary N) is 1. The molecule has 1 heterocycles. The number of rotatable bonds is 6. The van der Waals surface area contributed by atoms with Gasteiger partial charge in [0.05, 0.1) is 10.6 Å². The number of amides is 2. The van der Waals surface area contributed by atoms with Crippen molar-refractivity contribution >= 4 is 27.4 Å².